The van der Waals surface area contributed by atoms with Gasteiger partial charge in [0, 0.05) is 17.7 Å². The van der Waals surface area contributed by atoms with Crippen LogP contribution < -0.4 is 10.2 Å². The lowest BCUT2D eigenvalue weighted by Crippen LogP contribution is -2.66. The summed E-state index contributed by atoms with van der Waals surface area (Å²) in [7, 11) is 0. The van der Waals surface area contributed by atoms with Crippen LogP contribution in [0.15, 0.2) is 45.6 Å². The van der Waals surface area contributed by atoms with Crippen LogP contribution in [0.3, 0.4) is 0 Å². The first kappa shape index (κ1) is 39.0. The molecule has 0 bridgehead atoms. The summed E-state index contributed by atoms with van der Waals surface area (Å²) in [6, 6.07) is 7.14. The number of phenols is 3. The number of rotatable bonds is 9. The highest BCUT2D eigenvalue weighted by Gasteiger charge is 2.53. The summed E-state index contributed by atoms with van der Waals surface area (Å²) in [5.41, 5.74) is -1.15. The Kier molecular flexibility index (Phi) is 11.5. The summed E-state index contributed by atoms with van der Waals surface area (Å²) in [6.45, 7) is -0.271. The van der Waals surface area contributed by atoms with Crippen molar-refractivity contribution in [2.75, 3.05) is 13.2 Å². The molecule has 3 aromatic rings. The van der Waals surface area contributed by atoms with E-state index >= 15 is 0 Å². The minimum absolute atomic E-state index is 0.139. The SMILES string of the molecule is CC1OC(OC2C(Oc3c(-c4ccc(O)cc4)oc4cc(O)cc(O)c4c3=O)OC(CO)C(O)C2O)C(O)C(O)C1OC1OC(CO)C(O)C(O)C1O. The molecule has 15 unspecified atom stereocenters. The molecule has 2 aromatic carbocycles. The summed E-state index contributed by atoms with van der Waals surface area (Å²) in [6.07, 6.45) is -26.0. The Morgan fingerprint density at radius 2 is 1.19 bits per heavy atom. The lowest BCUT2D eigenvalue weighted by Gasteiger charge is -2.47. The van der Waals surface area contributed by atoms with Gasteiger partial charge >= 0.3 is 0 Å². The van der Waals surface area contributed by atoms with Crippen LogP contribution in [0, 0.1) is 0 Å². The van der Waals surface area contributed by atoms with Crippen molar-refractivity contribution in [3.05, 3.63) is 46.6 Å². The second-order valence-electron chi connectivity index (χ2n) is 12.9. The van der Waals surface area contributed by atoms with Gasteiger partial charge in [-0.2, -0.15) is 0 Å². The fourth-order valence-electron chi connectivity index (χ4n) is 6.39. The number of hydrogen-bond acceptors (Lipinski definition) is 20. The number of aromatic hydroxyl groups is 3. The van der Waals surface area contributed by atoms with Crippen molar-refractivity contribution in [1.82, 2.24) is 0 Å². The zero-order valence-corrected chi connectivity index (χ0v) is 27.7. The van der Waals surface area contributed by atoms with Gasteiger partial charge in [-0.1, -0.05) is 0 Å². The quantitative estimate of drug-likeness (QED) is 0.100. The maximum atomic E-state index is 13.9. The highest BCUT2D eigenvalue weighted by molar-refractivity contribution is 5.88. The van der Waals surface area contributed by atoms with E-state index < -0.39 is 133 Å². The lowest BCUT2D eigenvalue weighted by atomic mass is 9.96. The number of benzene rings is 2. The topological polar surface area (TPSA) is 328 Å². The molecule has 0 saturated carbocycles. The van der Waals surface area contributed by atoms with Crippen LogP contribution in [0.5, 0.6) is 23.0 Å². The molecule has 3 aliphatic heterocycles. The van der Waals surface area contributed by atoms with E-state index in [9.17, 15) is 66.1 Å². The second kappa shape index (κ2) is 15.6. The monoisotopic (exact) mass is 756 g/mol. The summed E-state index contributed by atoms with van der Waals surface area (Å²) >= 11 is 0. The van der Waals surface area contributed by atoms with Crippen LogP contribution in [0.2, 0.25) is 0 Å². The highest BCUT2D eigenvalue weighted by atomic mass is 16.8. The standard InChI is InChI=1S/C33H40O20/c1-10-27(51-32-25(45)22(42)19(39)16(8-34)49-32)24(44)26(46)31(47-10)53-30-23(43)20(40)17(9-35)50-33(30)52-29-21(41)18-14(38)6-13(37)7-15(18)48-28(29)11-2-4-12(36)5-3-11/h2-7,10,16-17,19-20,22-27,30-40,42-46H,8-9H2,1H3. The molecule has 15 atom stereocenters. The van der Waals surface area contributed by atoms with Crippen molar-refractivity contribution in [3.8, 4) is 34.3 Å². The lowest BCUT2D eigenvalue weighted by molar-refractivity contribution is -0.376. The maximum absolute atomic E-state index is 13.9. The van der Waals surface area contributed by atoms with Gasteiger partial charge in [-0.15, -0.1) is 0 Å². The van der Waals surface area contributed by atoms with E-state index in [4.69, 9.17) is 32.8 Å². The molecular formula is C33H40O20. The maximum Gasteiger partial charge on any atom is 0.239 e. The van der Waals surface area contributed by atoms with Crippen molar-refractivity contribution in [2.24, 2.45) is 0 Å². The van der Waals surface area contributed by atoms with Gasteiger partial charge in [-0.05, 0) is 31.2 Å². The van der Waals surface area contributed by atoms with Crippen LogP contribution in [-0.2, 0) is 23.7 Å². The first-order chi connectivity index (χ1) is 25.1. The molecule has 0 radical (unpaired) electrons. The molecule has 0 spiro atoms. The number of ether oxygens (including phenoxy) is 6. The van der Waals surface area contributed by atoms with Gasteiger partial charge in [-0.25, -0.2) is 0 Å². The van der Waals surface area contributed by atoms with Crippen LogP contribution in [0.1, 0.15) is 6.92 Å². The molecule has 0 amide bonds. The number of aliphatic hydroxyl groups excluding tert-OH is 9. The van der Waals surface area contributed by atoms with Gasteiger partial charge in [0.1, 0.15) is 89.3 Å². The van der Waals surface area contributed by atoms with E-state index in [1.54, 1.807) is 0 Å². The molecule has 3 fully saturated rings. The molecule has 53 heavy (non-hydrogen) atoms. The molecule has 6 rings (SSSR count). The first-order valence-corrected chi connectivity index (χ1v) is 16.4. The molecule has 292 valence electrons. The zero-order valence-electron chi connectivity index (χ0n) is 27.7. The number of aliphatic hydroxyl groups is 9. The predicted molar refractivity (Wildman–Crippen MR) is 171 cm³/mol. The van der Waals surface area contributed by atoms with E-state index in [-0.39, 0.29) is 22.7 Å². The highest BCUT2D eigenvalue weighted by Crippen LogP contribution is 2.39. The smallest absolute Gasteiger partial charge is 0.239 e. The molecular weight excluding hydrogens is 716 g/mol. The van der Waals surface area contributed by atoms with Crippen molar-refractivity contribution in [2.45, 2.75) is 99.0 Å². The van der Waals surface area contributed by atoms with Crippen molar-refractivity contribution in [1.29, 1.82) is 0 Å². The number of phenolic OH excluding ortho intramolecular Hbond substituents is 3. The third-order valence-electron chi connectivity index (χ3n) is 9.31. The van der Waals surface area contributed by atoms with E-state index in [0.29, 0.717) is 0 Å². The van der Waals surface area contributed by atoms with Crippen molar-refractivity contribution in [3.63, 3.8) is 0 Å². The van der Waals surface area contributed by atoms with Crippen LogP contribution in [-0.4, -0.2) is 167 Å². The minimum atomic E-state index is -2.01. The predicted octanol–water partition coefficient (Wildman–Crippen LogP) is -3.57. The fourth-order valence-corrected chi connectivity index (χ4v) is 6.39. The summed E-state index contributed by atoms with van der Waals surface area (Å²) in [4.78, 5) is 13.9. The zero-order chi connectivity index (χ0) is 38.5. The Bertz CT molecular complexity index is 1780. The Morgan fingerprint density at radius 3 is 1.83 bits per heavy atom. The summed E-state index contributed by atoms with van der Waals surface area (Å²) in [5.74, 6) is -2.26. The molecule has 0 aliphatic carbocycles. The first-order valence-electron chi connectivity index (χ1n) is 16.4. The van der Waals surface area contributed by atoms with Crippen LogP contribution in [0.4, 0.5) is 0 Å². The molecule has 1 aromatic heterocycles. The van der Waals surface area contributed by atoms with Gasteiger partial charge in [0.15, 0.2) is 24.4 Å². The van der Waals surface area contributed by atoms with E-state index in [1.807, 2.05) is 0 Å². The van der Waals surface area contributed by atoms with Gasteiger partial charge in [0.05, 0.1) is 19.3 Å². The van der Waals surface area contributed by atoms with Gasteiger partial charge in [0.2, 0.25) is 17.5 Å². The Balaban J connectivity index is 1.30. The van der Waals surface area contributed by atoms with Gasteiger partial charge < -0.3 is 94.1 Å². The Hall–Kier alpha value is -3.71. The number of hydrogen-bond donors (Lipinski definition) is 12. The van der Waals surface area contributed by atoms with E-state index in [2.05, 4.69) is 0 Å². The minimum Gasteiger partial charge on any atom is -0.508 e. The Morgan fingerprint density at radius 1 is 0.642 bits per heavy atom. The third kappa shape index (κ3) is 7.39. The average Bonchev–Trinajstić information content (AvgIpc) is 3.12. The molecule has 3 saturated heterocycles. The van der Waals surface area contributed by atoms with Crippen molar-refractivity contribution >= 4 is 11.0 Å². The largest absolute Gasteiger partial charge is 0.508 e. The third-order valence-corrected chi connectivity index (χ3v) is 9.31. The molecule has 20 nitrogen and oxygen atoms in total. The fraction of sp³-hybridized carbons (Fsp3) is 0.545. The Labute approximate surface area is 298 Å². The normalized spacial score (nSPS) is 37.8. The van der Waals surface area contributed by atoms with E-state index in [1.165, 1.54) is 31.2 Å². The van der Waals surface area contributed by atoms with Gasteiger partial charge in [-0.3, -0.25) is 4.79 Å². The van der Waals surface area contributed by atoms with Crippen molar-refractivity contribution < 1.29 is 94.1 Å². The summed E-state index contributed by atoms with van der Waals surface area (Å²) in [5, 5.41) is 124. The van der Waals surface area contributed by atoms with Gasteiger partial charge in [0.25, 0.3) is 0 Å². The molecule has 20 heteroatoms. The molecule has 3 aliphatic rings. The molecule has 4 heterocycles. The second-order valence-corrected chi connectivity index (χ2v) is 12.9. The van der Waals surface area contributed by atoms with E-state index in [0.717, 1.165) is 12.1 Å². The molecule has 12 N–H and O–H groups in total. The van der Waals surface area contributed by atoms with Crippen LogP contribution in [0.25, 0.3) is 22.3 Å². The summed E-state index contributed by atoms with van der Waals surface area (Å²) < 4.78 is 40.1. The van der Waals surface area contributed by atoms with Crippen LogP contribution >= 0.6 is 0 Å². The average molecular weight is 757 g/mol. The number of fused-ring (bicyclic) bond motifs is 1.